The average Bonchev–Trinajstić information content (AvgIpc) is 2.97. The number of carbonyl (C=O) groups is 1. The Morgan fingerprint density at radius 2 is 1.95 bits per heavy atom. The highest BCUT2D eigenvalue weighted by atomic mass is 35.5. The quantitative estimate of drug-likeness (QED) is 0.845. The molecule has 1 aliphatic carbocycles. The van der Waals surface area contributed by atoms with Crippen molar-refractivity contribution < 1.29 is 4.79 Å². The van der Waals surface area contributed by atoms with E-state index in [1.165, 1.54) is 0 Å². The van der Waals surface area contributed by atoms with Crippen molar-refractivity contribution in [2.24, 2.45) is 11.8 Å². The Hall–Kier alpha value is -1.53. The number of halogens is 1. The number of piperidine rings is 1. The van der Waals surface area contributed by atoms with Gasteiger partial charge in [0.25, 0.3) is 0 Å². The van der Waals surface area contributed by atoms with Crippen LogP contribution in [0.25, 0.3) is 0 Å². The average molecular weight is 322 g/mol. The molecule has 1 aromatic heterocycles. The molecule has 3 atom stereocenters. The zero-order valence-corrected chi connectivity index (χ0v) is 13.1. The molecule has 1 unspecified atom stereocenters. The maximum absolute atomic E-state index is 12.3. The van der Waals surface area contributed by atoms with Gasteiger partial charge in [-0.1, -0.05) is 11.6 Å². The van der Waals surface area contributed by atoms with Gasteiger partial charge in [0.1, 0.15) is 5.82 Å². The minimum absolute atomic E-state index is 0.0862. The van der Waals surface area contributed by atoms with Crippen LogP contribution in [0.4, 0.5) is 10.6 Å². The van der Waals surface area contributed by atoms with Crippen LogP contribution in [-0.2, 0) is 0 Å². The van der Waals surface area contributed by atoms with Gasteiger partial charge in [-0.05, 0) is 24.0 Å². The summed E-state index contributed by atoms with van der Waals surface area (Å²) in [5, 5.41) is 7.17. The van der Waals surface area contributed by atoms with Crippen LogP contribution < -0.4 is 15.5 Å². The monoisotopic (exact) mass is 321 g/mol. The third kappa shape index (κ3) is 2.61. The molecule has 2 N–H and O–H groups in total. The summed E-state index contributed by atoms with van der Waals surface area (Å²) in [6, 6.07) is 4.26. The Morgan fingerprint density at radius 1 is 1.23 bits per heavy atom. The Bertz CT molecular complexity index is 548. The van der Waals surface area contributed by atoms with E-state index < -0.39 is 0 Å². The molecule has 3 fully saturated rings. The maximum Gasteiger partial charge on any atom is 0.317 e. The second-order valence-electron chi connectivity index (χ2n) is 6.27. The summed E-state index contributed by atoms with van der Waals surface area (Å²) in [4.78, 5) is 20.7. The molecule has 2 saturated heterocycles. The molecule has 0 spiro atoms. The number of hydrogen-bond donors (Lipinski definition) is 2. The molecule has 22 heavy (non-hydrogen) atoms. The molecule has 0 bridgehead atoms. The lowest BCUT2D eigenvalue weighted by atomic mass is 10.3. The van der Waals surface area contributed by atoms with Gasteiger partial charge >= 0.3 is 6.03 Å². The number of rotatable bonds is 2. The summed E-state index contributed by atoms with van der Waals surface area (Å²) >= 11 is 5.86. The number of nitrogens with one attached hydrogen (secondary N) is 2. The van der Waals surface area contributed by atoms with Crippen molar-refractivity contribution in [3.8, 4) is 0 Å². The van der Waals surface area contributed by atoms with Gasteiger partial charge < -0.3 is 20.4 Å². The van der Waals surface area contributed by atoms with E-state index >= 15 is 0 Å². The number of carbonyl (C=O) groups excluding carboxylic acids is 1. The number of anilines is 1. The number of piperazine rings is 1. The van der Waals surface area contributed by atoms with Crippen molar-refractivity contribution in [3.05, 3.63) is 23.4 Å². The number of aromatic nitrogens is 1. The Kier molecular flexibility index (Phi) is 3.58. The number of nitrogens with zero attached hydrogens (tertiary/aromatic N) is 3. The Morgan fingerprint density at radius 3 is 2.59 bits per heavy atom. The number of amides is 2. The standard InChI is InChI=1S/C15H20ClN5O/c16-10-1-2-13(18-7-10)20-3-5-21(6-4-20)15(22)19-14-11-8-17-9-12(11)14/h1-2,7,11-12,14,17H,3-6,8-9H2,(H,19,22)/t11-,12+,14?. The molecule has 1 saturated carbocycles. The highest BCUT2D eigenvalue weighted by Gasteiger charge is 2.53. The Labute approximate surface area is 134 Å². The van der Waals surface area contributed by atoms with E-state index in [1.54, 1.807) is 6.20 Å². The van der Waals surface area contributed by atoms with Crippen LogP contribution >= 0.6 is 11.6 Å². The first-order valence-electron chi connectivity index (χ1n) is 7.85. The minimum atomic E-state index is 0.0862. The molecule has 6 nitrogen and oxygen atoms in total. The smallest absolute Gasteiger partial charge is 0.317 e. The topological polar surface area (TPSA) is 60.5 Å². The van der Waals surface area contributed by atoms with Gasteiger partial charge in [0.05, 0.1) is 5.02 Å². The number of pyridine rings is 1. The van der Waals surface area contributed by atoms with Gasteiger partial charge in [-0.15, -0.1) is 0 Å². The third-order valence-electron chi connectivity index (χ3n) is 4.98. The van der Waals surface area contributed by atoms with E-state index in [4.69, 9.17) is 11.6 Å². The van der Waals surface area contributed by atoms with Crippen LogP contribution in [-0.4, -0.2) is 61.2 Å². The first-order valence-corrected chi connectivity index (χ1v) is 8.23. The predicted molar refractivity (Wildman–Crippen MR) is 85.2 cm³/mol. The second kappa shape index (κ2) is 5.59. The van der Waals surface area contributed by atoms with Crippen LogP contribution in [0.1, 0.15) is 0 Å². The lowest BCUT2D eigenvalue weighted by molar-refractivity contribution is 0.192. The molecule has 7 heteroatoms. The summed E-state index contributed by atoms with van der Waals surface area (Å²) in [5.41, 5.74) is 0. The van der Waals surface area contributed by atoms with Gasteiger partial charge in [-0.25, -0.2) is 9.78 Å². The number of urea groups is 1. The van der Waals surface area contributed by atoms with E-state index in [-0.39, 0.29) is 6.03 Å². The van der Waals surface area contributed by atoms with Crippen LogP contribution in [0.2, 0.25) is 5.02 Å². The normalized spacial score (nSPS) is 30.1. The van der Waals surface area contributed by atoms with Crippen molar-refractivity contribution in [1.82, 2.24) is 20.5 Å². The van der Waals surface area contributed by atoms with E-state index in [9.17, 15) is 4.79 Å². The van der Waals surface area contributed by atoms with Crippen molar-refractivity contribution >= 4 is 23.4 Å². The summed E-state index contributed by atoms with van der Waals surface area (Å²) in [6.07, 6.45) is 1.66. The molecule has 4 rings (SSSR count). The molecule has 2 aliphatic heterocycles. The molecule has 3 aliphatic rings. The zero-order valence-electron chi connectivity index (χ0n) is 12.3. The SMILES string of the molecule is O=C(NC1[C@H]2CNC[C@@H]12)N1CCN(c2ccc(Cl)cn2)CC1. The van der Waals surface area contributed by atoms with Gasteiger partial charge in [-0.3, -0.25) is 0 Å². The fourth-order valence-electron chi connectivity index (χ4n) is 3.56. The van der Waals surface area contributed by atoms with Crippen molar-refractivity contribution in [2.75, 3.05) is 44.2 Å². The lowest BCUT2D eigenvalue weighted by Crippen LogP contribution is -2.53. The van der Waals surface area contributed by atoms with Gasteiger partial charge in [0.15, 0.2) is 0 Å². The fraction of sp³-hybridized carbons (Fsp3) is 0.600. The Balaban J connectivity index is 1.28. The van der Waals surface area contributed by atoms with Crippen LogP contribution in [0.5, 0.6) is 0 Å². The molecule has 1 aromatic rings. The molecule has 2 amide bonds. The highest BCUT2D eigenvalue weighted by Crippen LogP contribution is 2.41. The summed E-state index contributed by atoms with van der Waals surface area (Å²) in [7, 11) is 0. The molecular weight excluding hydrogens is 302 g/mol. The van der Waals surface area contributed by atoms with Gasteiger partial charge in [0, 0.05) is 51.5 Å². The van der Waals surface area contributed by atoms with E-state index in [1.807, 2.05) is 17.0 Å². The van der Waals surface area contributed by atoms with Gasteiger partial charge in [-0.2, -0.15) is 0 Å². The van der Waals surface area contributed by atoms with E-state index in [0.29, 0.717) is 22.9 Å². The first kappa shape index (κ1) is 14.1. The van der Waals surface area contributed by atoms with Crippen LogP contribution in [0, 0.1) is 11.8 Å². The van der Waals surface area contributed by atoms with E-state index in [0.717, 1.165) is 45.1 Å². The third-order valence-corrected chi connectivity index (χ3v) is 5.21. The van der Waals surface area contributed by atoms with Crippen LogP contribution in [0.3, 0.4) is 0 Å². The molecule has 0 radical (unpaired) electrons. The van der Waals surface area contributed by atoms with Crippen molar-refractivity contribution in [3.63, 3.8) is 0 Å². The summed E-state index contributed by atoms with van der Waals surface area (Å²) in [6.45, 7) is 5.17. The van der Waals surface area contributed by atoms with E-state index in [2.05, 4.69) is 20.5 Å². The van der Waals surface area contributed by atoms with Crippen molar-refractivity contribution in [1.29, 1.82) is 0 Å². The van der Waals surface area contributed by atoms with Crippen molar-refractivity contribution in [2.45, 2.75) is 6.04 Å². The molecule has 118 valence electrons. The lowest BCUT2D eigenvalue weighted by Gasteiger charge is -2.35. The predicted octanol–water partition coefficient (Wildman–Crippen LogP) is 0.784. The fourth-order valence-corrected chi connectivity index (χ4v) is 3.67. The first-order chi connectivity index (χ1) is 10.7. The maximum atomic E-state index is 12.3. The molecule has 0 aromatic carbocycles. The highest BCUT2D eigenvalue weighted by molar-refractivity contribution is 6.30. The number of fused-ring (bicyclic) bond motifs is 1. The minimum Gasteiger partial charge on any atom is -0.353 e. The zero-order chi connectivity index (χ0) is 15.1. The van der Waals surface area contributed by atoms with Crippen LogP contribution in [0.15, 0.2) is 18.3 Å². The summed E-state index contributed by atoms with van der Waals surface area (Å²) in [5.74, 6) is 2.24. The second-order valence-corrected chi connectivity index (χ2v) is 6.71. The largest absolute Gasteiger partial charge is 0.353 e. The molecular formula is C15H20ClN5O. The number of hydrogen-bond acceptors (Lipinski definition) is 4. The van der Waals surface area contributed by atoms with Gasteiger partial charge in [0.2, 0.25) is 0 Å². The molecule has 3 heterocycles. The summed E-state index contributed by atoms with van der Waals surface area (Å²) < 4.78 is 0.